The van der Waals surface area contributed by atoms with E-state index >= 15 is 0 Å². The van der Waals surface area contributed by atoms with Gasteiger partial charge in [0.1, 0.15) is 25.3 Å². The maximum Gasteiger partial charge on any atom is 0.323 e. The third kappa shape index (κ3) is 4.96. The highest BCUT2D eigenvalue weighted by atomic mass is 16.6. The molecular formula is C14H22N2O6. The summed E-state index contributed by atoms with van der Waals surface area (Å²) in [6.45, 7) is 1.59. The van der Waals surface area contributed by atoms with Crippen molar-refractivity contribution in [1.29, 1.82) is 0 Å². The number of ether oxygens (including phenoxy) is 3. The van der Waals surface area contributed by atoms with Gasteiger partial charge in [0.2, 0.25) is 0 Å². The molecule has 0 spiro atoms. The van der Waals surface area contributed by atoms with E-state index in [9.17, 15) is 14.4 Å². The molecule has 0 aromatic heterocycles. The van der Waals surface area contributed by atoms with Crippen LogP contribution >= 0.6 is 0 Å². The Morgan fingerprint density at radius 2 is 1.50 bits per heavy atom. The van der Waals surface area contributed by atoms with Gasteiger partial charge in [-0.15, -0.1) is 0 Å². The van der Waals surface area contributed by atoms with Crippen LogP contribution in [0, 0.1) is 0 Å². The largest absolute Gasteiger partial charge is 0.460 e. The maximum atomic E-state index is 11.8. The lowest BCUT2D eigenvalue weighted by Gasteiger charge is -2.18. The first-order valence-corrected chi connectivity index (χ1v) is 7.60. The molecule has 0 aliphatic carbocycles. The summed E-state index contributed by atoms with van der Waals surface area (Å²) in [5.41, 5.74) is 0. The van der Waals surface area contributed by atoms with Crippen LogP contribution < -0.4 is 10.6 Å². The summed E-state index contributed by atoms with van der Waals surface area (Å²) >= 11 is 0. The first kappa shape index (κ1) is 16.7. The minimum Gasteiger partial charge on any atom is -0.460 e. The molecule has 0 amide bonds. The third-order valence-corrected chi connectivity index (χ3v) is 3.76. The van der Waals surface area contributed by atoms with Gasteiger partial charge >= 0.3 is 11.9 Å². The van der Waals surface area contributed by atoms with Crippen LogP contribution in [0.2, 0.25) is 0 Å². The average molecular weight is 314 g/mol. The molecule has 2 N–H and O–H groups in total. The fourth-order valence-electron chi connectivity index (χ4n) is 2.53. The Morgan fingerprint density at radius 3 is 1.86 bits per heavy atom. The lowest BCUT2D eigenvalue weighted by Crippen LogP contribution is -2.37. The van der Waals surface area contributed by atoms with Crippen molar-refractivity contribution in [2.75, 3.05) is 26.3 Å². The van der Waals surface area contributed by atoms with Gasteiger partial charge in [-0.25, -0.2) is 0 Å². The number of rotatable bonds is 8. The topological polar surface area (TPSA) is 103 Å². The minimum absolute atomic E-state index is 0.124. The van der Waals surface area contributed by atoms with Gasteiger partial charge in [-0.05, 0) is 38.8 Å². The van der Waals surface area contributed by atoms with E-state index in [4.69, 9.17) is 14.2 Å². The van der Waals surface area contributed by atoms with Crippen LogP contribution in [0.25, 0.3) is 0 Å². The lowest BCUT2D eigenvalue weighted by atomic mass is 10.2. The van der Waals surface area contributed by atoms with Crippen LogP contribution in [0.1, 0.15) is 25.7 Å². The first-order chi connectivity index (χ1) is 10.7. The van der Waals surface area contributed by atoms with Crippen LogP contribution in [0.3, 0.4) is 0 Å². The van der Waals surface area contributed by atoms with E-state index in [1.165, 1.54) is 0 Å². The number of nitrogens with one attached hydrogen (secondary N) is 2. The van der Waals surface area contributed by atoms with Crippen molar-refractivity contribution >= 4 is 18.4 Å². The number of hydrogen-bond donors (Lipinski definition) is 2. The predicted molar refractivity (Wildman–Crippen MR) is 74.9 cm³/mol. The molecule has 2 rings (SSSR count). The Hall–Kier alpha value is -1.67. The monoisotopic (exact) mass is 314 g/mol. The summed E-state index contributed by atoms with van der Waals surface area (Å²) in [6.07, 6.45) is 2.55. The van der Waals surface area contributed by atoms with E-state index in [1.807, 2.05) is 0 Å². The molecule has 0 unspecified atom stereocenters. The second-order valence-electron chi connectivity index (χ2n) is 5.41. The summed E-state index contributed by atoms with van der Waals surface area (Å²) in [6, 6.07) is -0.607. The van der Waals surface area contributed by atoms with Gasteiger partial charge in [-0.1, -0.05) is 0 Å². The van der Waals surface area contributed by atoms with E-state index in [1.54, 1.807) is 0 Å². The second-order valence-corrected chi connectivity index (χ2v) is 5.41. The zero-order valence-corrected chi connectivity index (χ0v) is 12.4. The molecular weight excluding hydrogens is 292 g/mol. The summed E-state index contributed by atoms with van der Waals surface area (Å²) < 4.78 is 15.0. The van der Waals surface area contributed by atoms with E-state index in [0.29, 0.717) is 0 Å². The Kier molecular flexibility index (Phi) is 6.60. The van der Waals surface area contributed by atoms with Gasteiger partial charge in [-0.2, -0.15) is 0 Å². The second kappa shape index (κ2) is 8.70. The van der Waals surface area contributed by atoms with Crippen molar-refractivity contribution in [3.05, 3.63) is 0 Å². The van der Waals surface area contributed by atoms with Crippen molar-refractivity contribution in [1.82, 2.24) is 10.6 Å². The third-order valence-electron chi connectivity index (χ3n) is 3.76. The fraction of sp³-hybridized carbons (Fsp3) is 0.786. The Balaban J connectivity index is 1.70. The molecule has 8 nitrogen and oxygen atoms in total. The number of carbonyl (C=O) groups excluding carboxylic acids is 3. The SMILES string of the molecule is O=COC(COC(=O)[C@@H]1CCCN1)COC(=O)[C@@H]1CCCN1. The quantitative estimate of drug-likeness (QED) is 0.338. The van der Waals surface area contributed by atoms with E-state index in [2.05, 4.69) is 10.6 Å². The van der Waals surface area contributed by atoms with Crippen molar-refractivity contribution < 1.29 is 28.6 Å². The van der Waals surface area contributed by atoms with Crippen molar-refractivity contribution in [3.63, 3.8) is 0 Å². The lowest BCUT2D eigenvalue weighted by molar-refractivity contribution is -0.161. The summed E-state index contributed by atoms with van der Waals surface area (Å²) in [5, 5.41) is 6.04. The molecule has 2 fully saturated rings. The highest BCUT2D eigenvalue weighted by Gasteiger charge is 2.27. The highest BCUT2D eigenvalue weighted by Crippen LogP contribution is 2.09. The number of carbonyl (C=O) groups is 3. The van der Waals surface area contributed by atoms with Gasteiger partial charge in [0.15, 0.2) is 6.10 Å². The molecule has 2 heterocycles. The molecule has 22 heavy (non-hydrogen) atoms. The van der Waals surface area contributed by atoms with Crippen LogP contribution in [-0.4, -0.2) is 62.9 Å². The molecule has 124 valence electrons. The van der Waals surface area contributed by atoms with E-state index in [0.717, 1.165) is 38.8 Å². The van der Waals surface area contributed by atoms with E-state index in [-0.39, 0.29) is 43.7 Å². The summed E-state index contributed by atoms with van der Waals surface area (Å²) in [4.78, 5) is 34.0. The molecule has 0 radical (unpaired) electrons. The average Bonchev–Trinajstić information content (AvgIpc) is 3.22. The fourth-order valence-corrected chi connectivity index (χ4v) is 2.53. The van der Waals surface area contributed by atoms with E-state index < -0.39 is 6.10 Å². The van der Waals surface area contributed by atoms with Gasteiger partial charge in [0.05, 0.1) is 0 Å². The molecule has 2 aliphatic heterocycles. The van der Waals surface area contributed by atoms with Crippen molar-refractivity contribution in [2.45, 2.75) is 43.9 Å². The van der Waals surface area contributed by atoms with Crippen LogP contribution in [0.15, 0.2) is 0 Å². The van der Waals surface area contributed by atoms with Crippen molar-refractivity contribution in [2.24, 2.45) is 0 Å². The smallest absolute Gasteiger partial charge is 0.323 e. The van der Waals surface area contributed by atoms with Crippen molar-refractivity contribution in [3.8, 4) is 0 Å². The molecule has 2 atom stereocenters. The molecule has 8 heteroatoms. The molecule has 0 saturated carbocycles. The van der Waals surface area contributed by atoms with Gasteiger partial charge in [0.25, 0.3) is 6.47 Å². The van der Waals surface area contributed by atoms with Gasteiger partial charge < -0.3 is 24.8 Å². The standard InChI is InChI=1S/C14H22N2O6/c17-9-22-10(7-20-13(18)11-3-1-5-15-11)8-21-14(19)12-4-2-6-16-12/h9-12,15-16H,1-8H2/t11-,12-/m0/s1. The maximum absolute atomic E-state index is 11.8. The molecule has 0 aromatic carbocycles. The first-order valence-electron chi connectivity index (χ1n) is 7.60. The minimum atomic E-state index is -0.784. The predicted octanol–water partition coefficient (Wildman–Crippen LogP) is -0.882. The normalized spacial score (nSPS) is 24.2. The summed E-state index contributed by atoms with van der Waals surface area (Å²) in [5.74, 6) is -0.749. The number of esters is 2. The van der Waals surface area contributed by atoms with Crippen LogP contribution in [-0.2, 0) is 28.6 Å². The van der Waals surface area contributed by atoms with Gasteiger partial charge in [0, 0.05) is 0 Å². The molecule has 0 bridgehead atoms. The molecule has 2 aliphatic rings. The van der Waals surface area contributed by atoms with Crippen LogP contribution in [0.5, 0.6) is 0 Å². The summed E-state index contributed by atoms with van der Waals surface area (Å²) in [7, 11) is 0. The Bertz CT molecular complexity index is 359. The van der Waals surface area contributed by atoms with Crippen LogP contribution in [0.4, 0.5) is 0 Å². The zero-order chi connectivity index (χ0) is 15.8. The Labute approximate surface area is 128 Å². The zero-order valence-electron chi connectivity index (χ0n) is 12.4. The van der Waals surface area contributed by atoms with Gasteiger partial charge in [-0.3, -0.25) is 14.4 Å². The number of hydrogen-bond acceptors (Lipinski definition) is 8. The molecule has 0 aromatic rings. The molecule has 2 saturated heterocycles. The highest BCUT2D eigenvalue weighted by molar-refractivity contribution is 5.76. The Morgan fingerprint density at radius 1 is 1.00 bits per heavy atom.